The molecule has 0 aliphatic rings. The summed E-state index contributed by atoms with van der Waals surface area (Å²) in [7, 11) is 0. The molecule has 0 atom stereocenters. The monoisotopic (exact) mass is 711 g/mol. The topological polar surface area (TPSA) is 143 Å². The van der Waals surface area contributed by atoms with E-state index in [9.17, 15) is 14.4 Å². The predicted octanol–water partition coefficient (Wildman–Crippen LogP) is 8.18. The summed E-state index contributed by atoms with van der Waals surface area (Å²) in [5.41, 5.74) is 16.0. The number of benzene rings is 3. The van der Waals surface area contributed by atoms with Crippen LogP contribution in [0.4, 0.5) is 5.69 Å². The molecular weight excluding hydrogens is 658 g/mol. The van der Waals surface area contributed by atoms with E-state index in [1.807, 2.05) is 19.9 Å². The summed E-state index contributed by atoms with van der Waals surface area (Å²) < 4.78 is 22.9. The first-order valence-corrected chi connectivity index (χ1v) is 18.1. The zero-order valence-electron chi connectivity index (χ0n) is 31.6. The Bertz CT molecular complexity index is 1840. The smallest absolute Gasteiger partial charge is 0.250 e. The lowest BCUT2D eigenvalue weighted by atomic mass is 9.83. The highest BCUT2D eigenvalue weighted by molar-refractivity contribution is 6.12. The molecule has 0 unspecified atom stereocenters. The summed E-state index contributed by atoms with van der Waals surface area (Å²) in [6.07, 6.45) is 3.08. The van der Waals surface area contributed by atoms with Gasteiger partial charge in [-0.15, -0.1) is 0 Å². The third-order valence-corrected chi connectivity index (χ3v) is 8.92. The van der Waals surface area contributed by atoms with Crippen molar-refractivity contribution in [3.63, 3.8) is 0 Å². The molecule has 0 saturated carbocycles. The minimum atomic E-state index is -0.396. The van der Waals surface area contributed by atoms with Crippen LogP contribution in [0.2, 0.25) is 0 Å². The van der Waals surface area contributed by atoms with E-state index in [1.54, 1.807) is 18.2 Å². The Hall–Kier alpha value is -4.64. The van der Waals surface area contributed by atoms with Gasteiger partial charge in [-0.05, 0) is 124 Å². The Morgan fingerprint density at radius 2 is 1.60 bits per heavy atom. The number of aryl methyl sites for hydroxylation is 3. The number of amides is 1. The molecule has 1 amide bonds. The summed E-state index contributed by atoms with van der Waals surface area (Å²) in [6.45, 7) is 15.7. The van der Waals surface area contributed by atoms with Gasteiger partial charge in [0.15, 0.2) is 11.6 Å². The average molecular weight is 712 g/mol. The summed E-state index contributed by atoms with van der Waals surface area (Å²) in [5, 5.41) is 6.87. The number of anilines is 1. The minimum Gasteiger partial charge on any atom is -0.494 e. The number of nitrogens with one attached hydrogen (secondary N) is 1. The number of ether oxygens (including phenoxy) is 3. The SMILES string of the molecule is CC(=O)c1cccc(NC(=O)COCCCOCCCCOc2ccc(C)c(-c3c(CCN)cc(-c4c(C)noc4C)cc3C(C)C)c2)c1C(C)=O. The van der Waals surface area contributed by atoms with Crippen LogP contribution in [-0.2, 0) is 20.7 Å². The Morgan fingerprint density at radius 3 is 2.27 bits per heavy atom. The van der Waals surface area contributed by atoms with Gasteiger partial charge < -0.3 is 29.8 Å². The number of Topliss-reactive ketones (excluding diaryl/α,β-unsaturated/α-hetero) is 2. The molecule has 1 aromatic heterocycles. The zero-order chi connectivity index (χ0) is 37.8. The van der Waals surface area contributed by atoms with Crippen molar-refractivity contribution in [1.82, 2.24) is 5.16 Å². The third-order valence-electron chi connectivity index (χ3n) is 8.92. The molecule has 4 aromatic rings. The van der Waals surface area contributed by atoms with Gasteiger partial charge in [0.1, 0.15) is 18.1 Å². The van der Waals surface area contributed by atoms with Gasteiger partial charge in [-0.3, -0.25) is 14.4 Å². The number of aromatic nitrogens is 1. The van der Waals surface area contributed by atoms with E-state index in [0.29, 0.717) is 45.1 Å². The van der Waals surface area contributed by atoms with Crippen molar-refractivity contribution in [2.75, 3.05) is 44.9 Å². The molecule has 3 N–H and O–H groups in total. The number of rotatable bonds is 20. The van der Waals surface area contributed by atoms with Crippen LogP contribution in [0.1, 0.15) is 102 Å². The predicted molar refractivity (Wildman–Crippen MR) is 204 cm³/mol. The Labute approximate surface area is 307 Å². The second-order valence-corrected chi connectivity index (χ2v) is 13.4. The van der Waals surface area contributed by atoms with Crippen LogP contribution in [0, 0.1) is 20.8 Å². The van der Waals surface area contributed by atoms with Crippen LogP contribution in [0.5, 0.6) is 5.75 Å². The number of ketones is 2. The summed E-state index contributed by atoms with van der Waals surface area (Å²) in [6, 6.07) is 15.6. The van der Waals surface area contributed by atoms with Gasteiger partial charge in [-0.1, -0.05) is 49.3 Å². The molecule has 1 heterocycles. The van der Waals surface area contributed by atoms with E-state index in [-0.39, 0.29) is 35.2 Å². The van der Waals surface area contributed by atoms with Crippen molar-refractivity contribution < 1.29 is 33.1 Å². The molecule has 10 nitrogen and oxygen atoms in total. The molecule has 0 aliphatic carbocycles. The van der Waals surface area contributed by atoms with Crippen molar-refractivity contribution >= 4 is 23.2 Å². The highest BCUT2D eigenvalue weighted by Crippen LogP contribution is 2.40. The Kier molecular flexibility index (Phi) is 14.9. The van der Waals surface area contributed by atoms with Gasteiger partial charge in [-0.25, -0.2) is 0 Å². The molecule has 52 heavy (non-hydrogen) atoms. The fourth-order valence-electron chi connectivity index (χ4n) is 6.40. The normalized spacial score (nSPS) is 11.2. The van der Waals surface area contributed by atoms with Crippen LogP contribution >= 0.6 is 0 Å². The number of hydrogen-bond donors (Lipinski definition) is 2. The fraction of sp³-hybridized carbons (Fsp3) is 0.429. The third kappa shape index (κ3) is 10.5. The molecule has 4 rings (SSSR count). The van der Waals surface area contributed by atoms with Gasteiger partial charge in [0.25, 0.3) is 0 Å². The maximum atomic E-state index is 12.4. The lowest BCUT2D eigenvalue weighted by Crippen LogP contribution is -2.21. The second kappa shape index (κ2) is 19.3. The quantitative estimate of drug-likeness (QED) is 0.0685. The van der Waals surface area contributed by atoms with E-state index >= 15 is 0 Å². The molecular formula is C42H53N3O7. The number of unbranched alkanes of at least 4 members (excludes halogenated alkanes) is 1. The molecule has 10 heteroatoms. The maximum Gasteiger partial charge on any atom is 0.250 e. The van der Waals surface area contributed by atoms with Gasteiger partial charge >= 0.3 is 0 Å². The number of nitrogens with two attached hydrogens (primary N) is 1. The molecule has 3 aromatic carbocycles. The highest BCUT2D eigenvalue weighted by Gasteiger charge is 2.21. The van der Waals surface area contributed by atoms with Gasteiger partial charge in [-0.2, -0.15) is 0 Å². The van der Waals surface area contributed by atoms with E-state index in [2.05, 4.69) is 55.5 Å². The van der Waals surface area contributed by atoms with E-state index in [1.165, 1.54) is 36.1 Å². The van der Waals surface area contributed by atoms with Crippen LogP contribution < -0.4 is 15.8 Å². The number of nitrogens with zero attached hydrogens (tertiary/aromatic N) is 1. The molecule has 0 aliphatic heterocycles. The molecule has 0 radical (unpaired) electrons. The summed E-state index contributed by atoms with van der Waals surface area (Å²) >= 11 is 0. The first-order valence-electron chi connectivity index (χ1n) is 18.1. The molecule has 278 valence electrons. The molecule has 0 spiro atoms. The first kappa shape index (κ1) is 40.1. The van der Waals surface area contributed by atoms with Crippen LogP contribution in [0.3, 0.4) is 0 Å². The van der Waals surface area contributed by atoms with E-state index in [4.69, 9.17) is 24.5 Å². The van der Waals surface area contributed by atoms with Gasteiger partial charge in [0.2, 0.25) is 5.91 Å². The van der Waals surface area contributed by atoms with Crippen molar-refractivity contribution in [3.8, 4) is 28.0 Å². The van der Waals surface area contributed by atoms with Crippen LogP contribution in [-0.4, -0.2) is 62.2 Å². The minimum absolute atomic E-state index is 0.166. The molecule has 0 bridgehead atoms. The maximum absolute atomic E-state index is 12.4. The standard InChI is InChI=1S/C42H53N3O7/c1-26(2)36-23-33(40-28(4)45-52-31(40)7)22-32(16-17-43)42(36)37-24-34(15-14-27(37)3)51-21-9-8-18-49-19-11-20-50-25-39(48)44-38-13-10-12-35(29(5)46)41(38)30(6)47/h10,12-15,22-24,26H,8-9,11,16-21,25,43H2,1-7H3,(H,44,48). The summed E-state index contributed by atoms with van der Waals surface area (Å²) in [4.78, 5) is 36.4. The average Bonchev–Trinajstić information content (AvgIpc) is 3.44. The highest BCUT2D eigenvalue weighted by atomic mass is 16.5. The van der Waals surface area contributed by atoms with Crippen molar-refractivity contribution in [1.29, 1.82) is 0 Å². The number of carbonyl (C=O) groups excluding carboxylic acids is 3. The number of hydrogen-bond acceptors (Lipinski definition) is 9. The number of carbonyl (C=O) groups is 3. The van der Waals surface area contributed by atoms with Crippen molar-refractivity contribution in [2.24, 2.45) is 5.73 Å². The first-order chi connectivity index (χ1) is 24.9. The second-order valence-electron chi connectivity index (χ2n) is 13.4. The van der Waals surface area contributed by atoms with Crippen LogP contribution in [0.25, 0.3) is 22.3 Å². The fourth-order valence-corrected chi connectivity index (χ4v) is 6.40. The van der Waals surface area contributed by atoms with Crippen LogP contribution in [0.15, 0.2) is 53.1 Å². The zero-order valence-corrected chi connectivity index (χ0v) is 31.6. The largest absolute Gasteiger partial charge is 0.494 e. The van der Waals surface area contributed by atoms with Gasteiger partial charge in [0.05, 0.1) is 23.6 Å². The van der Waals surface area contributed by atoms with E-state index in [0.717, 1.165) is 53.2 Å². The summed E-state index contributed by atoms with van der Waals surface area (Å²) in [5.74, 6) is 0.995. The molecule has 0 fully saturated rings. The Balaban J connectivity index is 1.22. The van der Waals surface area contributed by atoms with E-state index < -0.39 is 5.91 Å². The van der Waals surface area contributed by atoms with Gasteiger partial charge in [0, 0.05) is 30.9 Å². The lowest BCUT2D eigenvalue weighted by Gasteiger charge is -2.22. The van der Waals surface area contributed by atoms with Crippen molar-refractivity contribution in [2.45, 2.75) is 80.1 Å². The Morgan fingerprint density at radius 1 is 0.865 bits per heavy atom. The molecule has 0 saturated heterocycles. The lowest BCUT2D eigenvalue weighted by molar-refractivity contribution is -0.120. The van der Waals surface area contributed by atoms with Crippen molar-refractivity contribution in [3.05, 3.63) is 87.8 Å².